The van der Waals surface area contributed by atoms with E-state index in [2.05, 4.69) is 87.7 Å². The van der Waals surface area contributed by atoms with Gasteiger partial charge in [0, 0.05) is 0 Å². The summed E-state index contributed by atoms with van der Waals surface area (Å²) in [6, 6.07) is 13.3. The third-order valence-corrected chi connectivity index (χ3v) is 5.26. The predicted octanol–water partition coefficient (Wildman–Crippen LogP) is 6.89. The first-order valence-corrected chi connectivity index (χ1v) is 9.16. The van der Waals surface area contributed by atoms with Crippen LogP contribution in [0, 0.1) is 0 Å². The summed E-state index contributed by atoms with van der Waals surface area (Å²) in [5.41, 5.74) is 12.9. The van der Waals surface area contributed by atoms with Crippen molar-refractivity contribution >= 4 is 23.3 Å². The summed E-state index contributed by atoms with van der Waals surface area (Å²) in [7, 11) is 0. The summed E-state index contributed by atoms with van der Waals surface area (Å²) in [4.78, 5) is 0. The van der Waals surface area contributed by atoms with E-state index in [-0.39, 0.29) is 0 Å². The van der Waals surface area contributed by atoms with Gasteiger partial charge < -0.3 is 0 Å². The summed E-state index contributed by atoms with van der Waals surface area (Å²) in [6.07, 6.45) is 11.2. The molecule has 0 atom stereocenters. The molecular weight excluding hydrogens is 312 g/mol. The van der Waals surface area contributed by atoms with E-state index in [0.29, 0.717) is 0 Å². The molecule has 0 fully saturated rings. The molecule has 0 radical (unpaired) electrons. The van der Waals surface area contributed by atoms with Gasteiger partial charge in [0.05, 0.1) is 0 Å². The molecule has 0 aromatic heterocycles. The smallest absolute Gasteiger partial charge is 0.00194 e. The number of allylic oxidation sites excluding steroid dienone is 6. The van der Waals surface area contributed by atoms with Crippen molar-refractivity contribution in [2.24, 2.45) is 0 Å². The van der Waals surface area contributed by atoms with Crippen molar-refractivity contribution in [3.05, 3.63) is 106 Å². The van der Waals surface area contributed by atoms with Gasteiger partial charge in [-0.25, -0.2) is 0 Å². The lowest BCUT2D eigenvalue weighted by molar-refractivity contribution is 1.22. The predicted molar refractivity (Wildman–Crippen MR) is 115 cm³/mol. The van der Waals surface area contributed by atoms with E-state index in [9.17, 15) is 0 Å². The van der Waals surface area contributed by atoms with Gasteiger partial charge >= 0.3 is 0 Å². The fourth-order valence-electron chi connectivity index (χ4n) is 3.69. The summed E-state index contributed by atoms with van der Waals surface area (Å²) in [5.74, 6) is 0. The largest absolute Gasteiger partial charge is 0.0955 e. The van der Waals surface area contributed by atoms with Crippen molar-refractivity contribution in [3.8, 4) is 0 Å². The maximum absolute atomic E-state index is 4.05. The first-order valence-electron chi connectivity index (χ1n) is 9.16. The first-order chi connectivity index (χ1) is 12.5. The molecule has 0 bridgehead atoms. The highest BCUT2D eigenvalue weighted by Gasteiger charge is 2.14. The van der Waals surface area contributed by atoms with Crippen LogP contribution in [-0.4, -0.2) is 0 Å². The number of rotatable bonds is 4. The maximum atomic E-state index is 4.05. The Bertz CT molecular complexity index is 1020. The van der Waals surface area contributed by atoms with Crippen LogP contribution >= 0.6 is 0 Å². The molecule has 128 valence electrons. The van der Waals surface area contributed by atoms with Gasteiger partial charge in [0.25, 0.3) is 0 Å². The lowest BCUT2D eigenvalue weighted by atomic mass is 10.0. The topological polar surface area (TPSA) is 0 Å². The second kappa shape index (κ2) is 6.46. The summed E-state index contributed by atoms with van der Waals surface area (Å²) >= 11 is 0. The fourth-order valence-corrected chi connectivity index (χ4v) is 3.69. The van der Waals surface area contributed by atoms with Crippen LogP contribution in [-0.2, 0) is 12.8 Å². The summed E-state index contributed by atoms with van der Waals surface area (Å²) < 4.78 is 0. The van der Waals surface area contributed by atoms with Crippen LogP contribution in [0.4, 0.5) is 0 Å². The van der Waals surface area contributed by atoms with Crippen LogP contribution in [0.15, 0.2) is 72.9 Å². The molecule has 0 saturated heterocycles. The highest BCUT2D eigenvalue weighted by Crippen LogP contribution is 2.31. The van der Waals surface area contributed by atoms with Gasteiger partial charge in [-0.05, 0) is 77.3 Å². The van der Waals surface area contributed by atoms with Crippen molar-refractivity contribution in [1.82, 2.24) is 0 Å². The molecule has 0 aliphatic heterocycles. The molecule has 2 aromatic carbocycles. The van der Waals surface area contributed by atoms with Crippen LogP contribution in [0.1, 0.15) is 47.2 Å². The van der Waals surface area contributed by atoms with Gasteiger partial charge in [-0.15, -0.1) is 0 Å². The highest BCUT2D eigenvalue weighted by molar-refractivity contribution is 5.74. The minimum absolute atomic E-state index is 1.01. The molecule has 0 spiro atoms. The molecule has 0 N–H and O–H groups in total. The Balaban J connectivity index is 1.50. The lowest BCUT2D eigenvalue weighted by Crippen LogP contribution is -1.87. The van der Waals surface area contributed by atoms with E-state index in [0.717, 1.165) is 24.0 Å². The van der Waals surface area contributed by atoms with Gasteiger partial charge in [0.1, 0.15) is 0 Å². The second-order valence-corrected chi connectivity index (χ2v) is 7.51. The van der Waals surface area contributed by atoms with Gasteiger partial charge in [0.2, 0.25) is 0 Å². The summed E-state index contributed by atoms with van der Waals surface area (Å²) in [5, 5.41) is 0. The van der Waals surface area contributed by atoms with Crippen LogP contribution in [0.2, 0.25) is 0 Å². The van der Waals surface area contributed by atoms with Crippen LogP contribution < -0.4 is 0 Å². The normalized spacial score (nSPS) is 14.8. The Morgan fingerprint density at radius 1 is 0.731 bits per heavy atom. The van der Waals surface area contributed by atoms with Crippen molar-refractivity contribution in [2.75, 3.05) is 0 Å². The van der Waals surface area contributed by atoms with Gasteiger partial charge in [0.15, 0.2) is 0 Å². The Morgan fingerprint density at radius 3 is 2.00 bits per heavy atom. The van der Waals surface area contributed by atoms with E-state index < -0.39 is 0 Å². The van der Waals surface area contributed by atoms with E-state index in [4.69, 9.17) is 0 Å². The minimum atomic E-state index is 1.01. The fraction of sp³-hybridized carbons (Fsp3) is 0.154. The van der Waals surface area contributed by atoms with Gasteiger partial charge in [-0.1, -0.05) is 78.9 Å². The van der Waals surface area contributed by atoms with Crippen LogP contribution in [0.3, 0.4) is 0 Å². The zero-order chi connectivity index (χ0) is 18.3. The Morgan fingerprint density at radius 2 is 1.31 bits per heavy atom. The number of fused-ring (bicyclic) bond motifs is 2. The van der Waals surface area contributed by atoms with Crippen LogP contribution in [0.25, 0.3) is 23.3 Å². The van der Waals surface area contributed by atoms with Crippen molar-refractivity contribution in [3.63, 3.8) is 0 Å². The quantitative estimate of drug-likeness (QED) is 0.570. The third-order valence-electron chi connectivity index (χ3n) is 5.26. The highest BCUT2D eigenvalue weighted by atomic mass is 14.2. The molecular formula is C26H24. The maximum Gasteiger partial charge on any atom is -0.00194 e. The molecule has 2 aliphatic carbocycles. The Labute approximate surface area is 156 Å². The number of benzene rings is 2. The van der Waals surface area contributed by atoms with Gasteiger partial charge in [-0.2, -0.15) is 0 Å². The minimum Gasteiger partial charge on any atom is -0.0955 e. The monoisotopic (exact) mass is 336 g/mol. The first kappa shape index (κ1) is 16.6. The zero-order valence-electron chi connectivity index (χ0n) is 15.6. The third kappa shape index (κ3) is 3.15. The Kier molecular flexibility index (Phi) is 4.12. The molecule has 0 amide bonds. The van der Waals surface area contributed by atoms with Crippen molar-refractivity contribution < 1.29 is 0 Å². The number of hydrogen-bond donors (Lipinski definition) is 0. The SMILES string of the molecule is C=C(C)c1ccc2c(c1)C=C(/C=C/C1=Cc3ccc(C(=C)C)cc3C1)C2. The van der Waals surface area contributed by atoms with E-state index in [1.54, 1.807) is 0 Å². The van der Waals surface area contributed by atoms with E-state index >= 15 is 0 Å². The molecule has 0 unspecified atom stereocenters. The average Bonchev–Trinajstić information content (AvgIpc) is 3.21. The molecule has 2 aliphatic rings. The molecule has 0 nitrogen and oxygen atoms in total. The lowest BCUT2D eigenvalue weighted by Gasteiger charge is -2.03. The van der Waals surface area contributed by atoms with Crippen LogP contribution in [0.5, 0.6) is 0 Å². The summed E-state index contributed by atoms with van der Waals surface area (Å²) in [6.45, 7) is 12.2. The molecule has 26 heavy (non-hydrogen) atoms. The average molecular weight is 336 g/mol. The molecule has 0 saturated carbocycles. The standard InChI is InChI=1S/C26H24/c1-17(2)21-7-9-23-11-19(13-25(23)15-21)5-6-20-12-24-10-8-22(18(3)4)16-26(24)14-20/h5-11,14-16H,1,3,12-13H2,2,4H3/b6-5+. The zero-order valence-corrected chi connectivity index (χ0v) is 15.6. The molecule has 0 heteroatoms. The molecule has 4 rings (SSSR count). The second-order valence-electron chi connectivity index (χ2n) is 7.51. The van der Waals surface area contributed by atoms with Gasteiger partial charge in [-0.3, -0.25) is 0 Å². The molecule has 2 aromatic rings. The van der Waals surface area contributed by atoms with Crippen molar-refractivity contribution in [2.45, 2.75) is 26.7 Å². The van der Waals surface area contributed by atoms with E-state index in [1.807, 2.05) is 0 Å². The molecule has 0 heterocycles. The number of hydrogen-bond acceptors (Lipinski definition) is 0. The Hall–Kier alpha value is -2.86. The van der Waals surface area contributed by atoms with Crippen molar-refractivity contribution in [1.29, 1.82) is 0 Å². The van der Waals surface area contributed by atoms with E-state index in [1.165, 1.54) is 44.5 Å².